The summed E-state index contributed by atoms with van der Waals surface area (Å²) in [5.41, 5.74) is 0. The van der Waals surface area contributed by atoms with E-state index in [9.17, 15) is 0 Å². The zero-order valence-corrected chi connectivity index (χ0v) is 13.8. The average molecular weight is 257 g/mol. The van der Waals surface area contributed by atoms with Crippen molar-refractivity contribution in [2.24, 2.45) is 0 Å². The molecule has 0 aromatic rings. The molecule has 0 aromatic carbocycles. The Morgan fingerprint density at radius 2 is 1.47 bits per heavy atom. The molecule has 0 aromatic heterocycles. The lowest BCUT2D eigenvalue weighted by Crippen LogP contribution is -2.45. The molecule has 0 spiro atoms. The van der Waals surface area contributed by atoms with Crippen LogP contribution in [-0.4, -0.2) is 39.5 Å². The molecule has 0 atom stereocenters. The van der Waals surface area contributed by atoms with Gasteiger partial charge in [-0.3, -0.25) is 0 Å². The van der Waals surface area contributed by atoms with Crippen LogP contribution in [0.25, 0.3) is 0 Å². The largest absolute Gasteiger partial charge is 0.414 e. The molecule has 0 aliphatic heterocycles. The van der Waals surface area contributed by atoms with Crippen LogP contribution < -0.4 is 0 Å². The molecule has 0 saturated heterocycles. The molecule has 1 aliphatic carbocycles. The Bertz CT molecular complexity index is 237. The summed E-state index contributed by atoms with van der Waals surface area (Å²) in [6.07, 6.45) is 5.61. The number of hydrogen-bond donors (Lipinski definition) is 0. The maximum atomic E-state index is 6.49. The van der Waals surface area contributed by atoms with Gasteiger partial charge in [-0.05, 0) is 57.9 Å². The quantitative estimate of drug-likeness (QED) is 0.711. The predicted octanol–water partition coefficient (Wildman–Crippen LogP) is 3.88. The van der Waals surface area contributed by atoms with Gasteiger partial charge in [0.1, 0.15) is 0 Å². The highest BCUT2D eigenvalue weighted by atomic mass is 28.4. The van der Waals surface area contributed by atoms with Gasteiger partial charge >= 0.3 is 0 Å². The van der Waals surface area contributed by atoms with Crippen LogP contribution in [0.1, 0.15) is 46.5 Å². The Morgan fingerprint density at radius 3 is 1.82 bits per heavy atom. The first-order chi connectivity index (χ1) is 7.63. The fourth-order valence-corrected chi connectivity index (χ4v) is 3.70. The van der Waals surface area contributed by atoms with Crippen molar-refractivity contribution < 1.29 is 4.43 Å². The van der Waals surface area contributed by atoms with Crippen molar-refractivity contribution in [1.29, 1.82) is 0 Å². The Balaban J connectivity index is 2.46. The highest BCUT2D eigenvalue weighted by molar-refractivity contribution is 6.74. The van der Waals surface area contributed by atoms with E-state index < -0.39 is 8.32 Å². The fourth-order valence-electron chi connectivity index (χ4n) is 2.27. The highest BCUT2D eigenvalue weighted by Gasteiger charge is 2.39. The molecular formula is C14H31NOSi. The predicted molar refractivity (Wildman–Crippen MR) is 78.0 cm³/mol. The third-order valence-corrected chi connectivity index (χ3v) is 9.18. The summed E-state index contributed by atoms with van der Waals surface area (Å²) in [6.45, 7) is 11.7. The summed E-state index contributed by atoms with van der Waals surface area (Å²) >= 11 is 0. The van der Waals surface area contributed by atoms with Gasteiger partial charge in [-0.15, -0.1) is 0 Å². The lowest BCUT2D eigenvalue weighted by molar-refractivity contribution is 0.0996. The number of nitrogens with zero attached hydrogens (tertiary/aromatic N) is 1. The fraction of sp³-hybridized carbons (Fsp3) is 1.00. The van der Waals surface area contributed by atoms with E-state index in [1.807, 2.05) is 0 Å². The molecule has 0 radical (unpaired) electrons. The first-order valence-corrected chi connectivity index (χ1v) is 9.88. The molecule has 0 amide bonds. The third kappa shape index (κ3) is 4.07. The van der Waals surface area contributed by atoms with Gasteiger partial charge in [0, 0.05) is 12.1 Å². The molecule has 2 nitrogen and oxygen atoms in total. The van der Waals surface area contributed by atoms with E-state index in [2.05, 4.69) is 52.9 Å². The van der Waals surface area contributed by atoms with Gasteiger partial charge in [0.05, 0.1) is 0 Å². The zero-order valence-electron chi connectivity index (χ0n) is 12.8. The van der Waals surface area contributed by atoms with Crippen molar-refractivity contribution in [3.63, 3.8) is 0 Å². The molecule has 0 bridgehead atoms. The van der Waals surface area contributed by atoms with Gasteiger partial charge in [-0.2, -0.15) is 0 Å². The summed E-state index contributed by atoms with van der Waals surface area (Å²) in [7, 11) is 2.83. The van der Waals surface area contributed by atoms with Crippen LogP contribution in [0, 0.1) is 0 Å². The molecule has 17 heavy (non-hydrogen) atoms. The second kappa shape index (κ2) is 5.41. The summed E-state index contributed by atoms with van der Waals surface area (Å²) in [5.74, 6) is 0. The van der Waals surface area contributed by atoms with Gasteiger partial charge in [0.15, 0.2) is 8.32 Å². The van der Waals surface area contributed by atoms with Crippen molar-refractivity contribution in [2.45, 2.75) is 76.7 Å². The maximum Gasteiger partial charge on any atom is 0.192 e. The maximum absolute atomic E-state index is 6.49. The van der Waals surface area contributed by atoms with Gasteiger partial charge in [-0.1, -0.05) is 20.8 Å². The number of hydrogen-bond acceptors (Lipinski definition) is 2. The van der Waals surface area contributed by atoms with Crippen LogP contribution >= 0.6 is 0 Å². The summed E-state index contributed by atoms with van der Waals surface area (Å²) in [4.78, 5) is 2.36. The lowest BCUT2D eigenvalue weighted by Gasteiger charge is -2.42. The first kappa shape index (κ1) is 15.2. The smallest absolute Gasteiger partial charge is 0.192 e. The van der Waals surface area contributed by atoms with Gasteiger partial charge in [0.2, 0.25) is 0 Å². The van der Waals surface area contributed by atoms with Crippen molar-refractivity contribution in [1.82, 2.24) is 4.90 Å². The molecule has 1 aliphatic rings. The van der Waals surface area contributed by atoms with Crippen LogP contribution in [0.15, 0.2) is 0 Å². The standard InChI is InChI=1S/C14H31NOSi/c1-14(2,3)17(6,7)16-13-10-8-12(9-11-13)15(4)5/h12-13H,8-11H2,1-7H3. The summed E-state index contributed by atoms with van der Waals surface area (Å²) in [6, 6.07) is 0.772. The van der Waals surface area contributed by atoms with Crippen LogP contribution in [-0.2, 0) is 4.43 Å². The van der Waals surface area contributed by atoms with Crippen LogP contribution in [0.2, 0.25) is 18.1 Å². The van der Waals surface area contributed by atoms with Crippen molar-refractivity contribution in [2.75, 3.05) is 14.1 Å². The Hall–Kier alpha value is 0.137. The molecule has 0 N–H and O–H groups in total. The molecule has 0 heterocycles. The first-order valence-electron chi connectivity index (χ1n) is 6.98. The van der Waals surface area contributed by atoms with Crippen LogP contribution in [0.5, 0.6) is 0 Å². The van der Waals surface area contributed by atoms with E-state index >= 15 is 0 Å². The molecule has 1 rings (SSSR count). The van der Waals surface area contributed by atoms with E-state index in [-0.39, 0.29) is 0 Å². The van der Waals surface area contributed by atoms with E-state index in [1.54, 1.807) is 0 Å². The third-order valence-electron chi connectivity index (χ3n) is 4.64. The van der Waals surface area contributed by atoms with Crippen molar-refractivity contribution in [3.8, 4) is 0 Å². The van der Waals surface area contributed by atoms with Crippen LogP contribution in [0.3, 0.4) is 0 Å². The second-order valence-corrected chi connectivity index (χ2v) is 12.0. The Kier molecular flexibility index (Phi) is 4.84. The summed E-state index contributed by atoms with van der Waals surface area (Å²) in [5, 5.41) is 0.339. The van der Waals surface area contributed by atoms with Gasteiger partial charge < -0.3 is 9.33 Å². The van der Waals surface area contributed by atoms with E-state index in [1.165, 1.54) is 25.7 Å². The van der Waals surface area contributed by atoms with Gasteiger partial charge in [0.25, 0.3) is 0 Å². The SMILES string of the molecule is CN(C)C1CCC(O[Si](C)(C)C(C)(C)C)CC1. The van der Waals surface area contributed by atoms with Gasteiger partial charge in [-0.25, -0.2) is 0 Å². The highest BCUT2D eigenvalue weighted by Crippen LogP contribution is 2.39. The topological polar surface area (TPSA) is 12.5 Å². The molecule has 0 unspecified atom stereocenters. The second-order valence-electron chi connectivity index (χ2n) is 7.27. The Labute approximate surface area is 109 Å². The van der Waals surface area contributed by atoms with E-state index in [4.69, 9.17) is 4.43 Å². The minimum atomic E-state index is -1.56. The molecular weight excluding hydrogens is 226 g/mol. The minimum absolute atomic E-state index is 0.339. The monoisotopic (exact) mass is 257 g/mol. The van der Waals surface area contributed by atoms with E-state index in [0.717, 1.165) is 6.04 Å². The molecule has 3 heteroatoms. The molecule has 102 valence electrons. The van der Waals surface area contributed by atoms with Crippen LogP contribution in [0.4, 0.5) is 0 Å². The normalized spacial score (nSPS) is 27.5. The average Bonchev–Trinajstić information content (AvgIpc) is 2.16. The summed E-state index contributed by atoms with van der Waals surface area (Å²) < 4.78 is 6.49. The zero-order chi connectivity index (χ0) is 13.3. The molecule has 1 fully saturated rings. The number of rotatable bonds is 3. The van der Waals surface area contributed by atoms with Crippen molar-refractivity contribution >= 4 is 8.32 Å². The molecule has 1 saturated carbocycles. The minimum Gasteiger partial charge on any atom is -0.414 e. The van der Waals surface area contributed by atoms with Crippen molar-refractivity contribution in [3.05, 3.63) is 0 Å². The Morgan fingerprint density at radius 1 is 1.00 bits per heavy atom. The van der Waals surface area contributed by atoms with E-state index in [0.29, 0.717) is 11.1 Å². The lowest BCUT2D eigenvalue weighted by atomic mass is 9.92.